The van der Waals surface area contributed by atoms with Crippen LogP contribution in [0.15, 0.2) is 28.8 Å². The van der Waals surface area contributed by atoms with Crippen molar-refractivity contribution in [1.82, 2.24) is 5.16 Å². The number of esters is 1. The summed E-state index contributed by atoms with van der Waals surface area (Å²) in [5.41, 5.74) is 1.55. The summed E-state index contributed by atoms with van der Waals surface area (Å²) < 4.78 is 15.2. The van der Waals surface area contributed by atoms with Gasteiger partial charge in [0.2, 0.25) is 5.88 Å². The van der Waals surface area contributed by atoms with Gasteiger partial charge in [-0.2, -0.15) is 0 Å². The van der Waals surface area contributed by atoms with Gasteiger partial charge in [0.25, 0.3) is 5.91 Å². The fourth-order valence-corrected chi connectivity index (χ4v) is 1.84. The zero-order valence-corrected chi connectivity index (χ0v) is 13.2. The van der Waals surface area contributed by atoms with E-state index in [1.54, 1.807) is 26.0 Å². The highest BCUT2D eigenvalue weighted by atomic mass is 16.5. The first-order valence-corrected chi connectivity index (χ1v) is 7.14. The highest BCUT2D eigenvalue weighted by molar-refractivity contribution is 6.00. The Labute approximate surface area is 133 Å². The van der Waals surface area contributed by atoms with Gasteiger partial charge in [0.05, 0.1) is 12.3 Å². The third-order valence-corrected chi connectivity index (χ3v) is 2.99. The molecule has 7 nitrogen and oxygen atoms in total. The largest absolute Gasteiger partial charge is 0.484 e. The quantitative estimate of drug-likeness (QED) is 0.823. The number of carbonyl (C=O) groups is 2. The molecule has 23 heavy (non-hydrogen) atoms. The predicted molar refractivity (Wildman–Crippen MR) is 82.5 cm³/mol. The summed E-state index contributed by atoms with van der Waals surface area (Å²) in [7, 11) is 0. The van der Waals surface area contributed by atoms with E-state index in [2.05, 4.69) is 10.5 Å². The summed E-state index contributed by atoms with van der Waals surface area (Å²) in [6.45, 7) is 5.24. The second-order valence-corrected chi connectivity index (χ2v) is 4.84. The van der Waals surface area contributed by atoms with E-state index in [4.69, 9.17) is 14.0 Å². The summed E-state index contributed by atoms with van der Waals surface area (Å²) in [4.78, 5) is 23.8. The number of ether oxygens (including phenoxy) is 2. The number of anilines is 1. The van der Waals surface area contributed by atoms with Crippen molar-refractivity contribution in [2.45, 2.75) is 20.8 Å². The number of nitrogens with one attached hydrogen (secondary N) is 1. The summed E-state index contributed by atoms with van der Waals surface area (Å²) in [5, 5.41) is 6.13. The lowest BCUT2D eigenvalue weighted by Gasteiger charge is -2.07. The smallest absolute Gasteiger partial charge is 0.345 e. The van der Waals surface area contributed by atoms with Crippen molar-refractivity contribution in [2.75, 3.05) is 18.5 Å². The van der Waals surface area contributed by atoms with Crippen molar-refractivity contribution in [1.29, 1.82) is 0 Å². The Morgan fingerprint density at radius 3 is 2.57 bits per heavy atom. The first kappa shape index (κ1) is 16.5. The number of hydrogen-bond donors (Lipinski definition) is 1. The van der Waals surface area contributed by atoms with Crippen LogP contribution in [0.2, 0.25) is 0 Å². The van der Waals surface area contributed by atoms with Gasteiger partial charge in [0, 0.05) is 0 Å². The van der Waals surface area contributed by atoms with Gasteiger partial charge in [-0.1, -0.05) is 22.9 Å². The third kappa shape index (κ3) is 4.32. The Balaban J connectivity index is 1.97. The molecule has 0 aliphatic heterocycles. The average Bonchev–Trinajstić information content (AvgIpc) is 2.87. The molecule has 0 spiro atoms. The second-order valence-electron chi connectivity index (χ2n) is 4.84. The molecule has 0 radical (unpaired) electrons. The molecule has 7 heteroatoms. The van der Waals surface area contributed by atoms with Gasteiger partial charge in [0.15, 0.2) is 6.61 Å². The first-order chi connectivity index (χ1) is 11.0. The minimum absolute atomic E-state index is 0.0431. The van der Waals surface area contributed by atoms with Crippen molar-refractivity contribution in [3.8, 4) is 5.75 Å². The van der Waals surface area contributed by atoms with Crippen LogP contribution in [0, 0.1) is 13.8 Å². The number of benzene rings is 1. The number of hydrogen-bond acceptors (Lipinski definition) is 6. The van der Waals surface area contributed by atoms with Gasteiger partial charge in [-0.05, 0) is 32.9 Å². The van der Waals surface area contributed by atoms with Crippen LogP contribution >= 0.6 is 0 Å². The van der Waals surface area contributed by atoms with E-state index in [0.717, 1.165) is 5.56 Å². The van der Waals surface area contributed by atoms with Crippen LogP contribution in [0.3, 0.4) is 0 Å². The van der Waals surface area contributed by atoms with Gasteiger partial charge in [-0.3, -0.25) is 10.1 Å². The van der Waals surface area contributed by atoms with Gasteiger partial charge >= 0.3 is 5.97 Å². The highest BCUT2D eigenvalue weighted by Crippen LogP contribution is 2.20. The van der Waals surface area contributed by atoms with Crippen molar-refractivity contribution < 1.29 is 23.6 Å². The molecule has 1 N–H and O–H groups in total. The molecule has 1 aromatic carbocycles. The van der Waals surface area contributed by atoms with Crippen LogP contribution in [0.4, 0.5) is 5.88 Å². The zero-order valence-electron chi connectivity index (χ0n) is 13.2. The predicted octanol–water partition coefficient (Wildman–Crippen LogP) is 2.49. The molecule has 0 aliphatic carbocycles. The molecule has 0 atom stereocenters. The van der Waals surface area contributed by atoms with E-state index in [-0.39, 0.29) is 24.7 Å². The Morgan fingerprint density at radius 1 is 1.22 bits per heavy atom. The fourth-order valence-electron chi connectivity index (χ4n) is 1.84. The average molecular weight is 318 g/mol. The SMILES string of the molecule is CCOC(=O)c1c(C)noc1NC(=O)COc1ccc(C)cc1. The van der Waals surface area contributed by atoms with Crippen molar-refractivity contribution >= 4 is 17.8 Å². The molecule has 2 aromatic rings. The Morgan fingerprint density at radius 2 is 1.91 bits per heavy atom. The minimum Gasteiger partial charge on any atom is -0.484 e. The molecule has 0 saturated carbocycles. The highest BCUT2D eigenvalue weighted by Gasteiger charge is 2.23. The van der Waals surface area contributed by atoms with Gasteiger partial charge in [0.1, 0.15) is 11.3 Å². The van der Waals surface area contributed by atoms with E-state index in [1.165, 1.54) is 0 Å². The van der Waals surface area contributed by atoms with E-state index < -0.39 is 11.9 Å². The summed E-state index contributed by atoms with van der Waals surface area (Å²) in [6, 6.07) is 7.30. The maximum absolute atomic E-state index is 11.9. The topological polar surface area (TPSA) is 90.7 Å². The van der Waals surface area contributed by atoms with Gasteiger partial charge < -0.3 is 14.0 Å². The van der Waals surface area contributed by atoms with E-state index in [1.807, 2.05) is 19.1 Å². The lowest BCUT2D eigenvalue weighted by molar-refractivity contribution is -0.118. The number of aromatic nitrogens is 1. The molecule has 0 aliphatic rings. The lowest BCUT2D eigenvalue weighted by atomic mass is 10.2. The fraction of sp³-hybridized carbons (Fsp3) is 0.312. The van der Waals surface area contributed by atoms with E-state index >= 15 is 0 Å². The van der Waals surface area contributed by atoms with Gasteiger partial charge in [-0.15, -0.1) is 0 Å². The standard InChI is InChI=1S/C16H18N2O5/c1-4-21-16(20)14-11(3)18-23-15(14)17-13(19)9-22-12-7-5-10(2)6-8-12/h5-8H,4,9H2,1-3H3,(H,17,19). The van der Waals surface area contributed by atoms with Crippen LogP contribution in [0.5, 0.6) is 5.75 Å². The van der Waals surface area contributed by atoms with E-state index in [0.29, 0.717) is 11.4 Å². The van der Waals surface area contributed by atoms with Crippen LogP contribution in [-0.2, 0) is 9.53 Å². The number of carbonyl (C=O) groups excluding carboxylic acids is 2. The van der Waals surface area contributed by atoms with Crippen LogP contribution in [0.1, 0.15) is 28.5 Å². The van der Waals surface area contributed by atoms with Gasteiger partial charge in [-0.25, -0.2) is 4.79 Å². The lowest BCUT2D eigenvalue weighted by Crippen LogP contribution is -2.21. The Kier molecular flexibility index (Phi) is 5.35. The molecule has 0 bridgehead atoms. The molecule has 0 saturated heterocycles. The second kappa shape index (κ2) is 7.44. The zero-order chi connectivity index (χ0) is 16.8. The number of amides is 1. The minimum atomic E-state index is -0.596. The molecule has 122 valence electrons. The first-order valence-electron chi connectivity index (χ1n) is 7.14. The molecule has 0 unspecified atom stereocenters. The maximum atomic E-state index is 11.9. The summed E-state index contributed by atoms with van der Waals surface area (Å²) in [6.07, 6.45) is 0. The van der Waals surface area contributed by atoms with Crippen LogP contribution < -0.4 is 10.1 Å². The third-order valence-electron chi connectivity index (χ3n) is 2.99. The molecule has 1 aromatic heterocycles. The van der Waals surface area contributed by atoms with Crippen LogP contribution in [0.25, 0.3) is 0 Å². The van der Waals surface area contributed by atoms with Crippen molar-refractivity contribution in [2.24, 2.45) is 0 Å². The maximum Gasteiger partial charge on any atom is 0.345 e. The Hall–Kier alpha value is -2.83. The summed E-state index contributed by atoms with van der Waals surface area (Å²) >= 11 is 0. The number of nitrogens with zero attached hydrogens (tertiary/aromatic N) is 1. The molecular weight excluding hydrogens is 300 g/mol. The molecular formula is C16H18N2O5. The molecule has 0 fully saturated rings. The normalized spacial score (nSPS) is 10.2. The van der Waals surface area contributed by atoms with Crippen LogP contribution in [-0.4, -0.2) is 30.2 Å². The monoisotopic (exact) mass is 318 g/mol. The molecule has 1 heterocycles. The number of rotatable bonds is 6. The van der Waals surface area contributed by atoms with Crippen molar-refractivity contribution in [3.05, 3.63) is 41.1 Å². The molecule has 1 amide bonds. The Bertz CT molecular complexity index is 691. The number of aryl methyl sites for hydroxylation is 2. The summed E-state index contributed by atoms with van der Waals surface area (Å²) in [5.74, 6) is -0.531. The molecule has 2 rings (SSSR count). The van der Waals surface area contributed by atoms with Crippen molar-refractivity contribution in [3.63, 3.8) is 0 Å². The van der Waals surface area contributed by atoms with E-state index in [9.17, 15) is 9.59 Å².